The number of nitrogens with zero attached hydrogens (tertiary/aromatic N) is 1. The number of hydrogen-bond acceptors (Lipinski definition) is 3. The maximum Gasteiger partial charge on any atom is 0.253 e. The molecule has 1 spiro atoms. The van der Waals surface area contributed by atoms with Crippen molar-refractivity contribution in [1.29, 1.82) is 0 Å². The molecular formula is C23H20N2O3. The first-order chi connectivity index (χ1) is 13.7. The van der Waals surface area contributed by atoms with Crippen LogP contribution < -0.4 is 10.1 Å². The van der Waals surface area contributed by atoms with E-state index in [4.69, 9.17) is 4.74 Å². The van der Waals surface area contributed by atoms with Gasteiger partial charge >= 0.3 is 0 Å². The number of hydrogen-bond donors (Lipinski definition) is 1. The zero-order valence-corrected chi connectivity index (χ0v) is 15.4. The number of piperidine rings is 1. The molecule has 0 radical (unpaired) electrons. The second kappa shape index (κ2) is 6.37. The molecule has 0 saturated carbocycles. The number of nitrogens with one attached hydrogen (secondary N) is 1. The molecule has 1 fully saturated rings. The van der Waals surface area contributed by atoms with Crippen molar-refractivity contribution in [2.45, 2.75) is 18.3 Å². The normalized spacial score (nSPS) is 19.2. The molecule has 0 atom stereocenters. The number of para-hydroxylation sites is 2. The molecule has 3 aliphatic rings. The van der Waals surface area contributed by atoms with Crippen LogP contribution in [0.1, 0.15) is 24.0 Å². The molecule has 1 saturated heterocycles. The minimum absolute atomic E-state index is 0.0295. The van der Waals surface area contributed by atoms with Gasteiger partial charge in [0.25, 0.3) is 5.91 Å². The van der Waals surface area contributed by atoms with E-state index in [-0.39, 0.29) is 11.8 Å². The molecule has 2 aromatic carbocycles. The summed E-state index contributed by atoms with van der Waals surface area (Å²) >= 11 is 0. The Morgan fingerprint density at radius 2 is 1.79 bits per heavy atom. The molecule has 2 amide bonds. The third-order valence-corrected chi connectivity index (χ3v) is 5.95. The van der Waals surface area contributed by atoms with Gasteiger partial charge in [-0.25, -0.2) is 0 Å². The fraction of sp³-hybridized carbons (Fsp3) is 0.217. The van der Waals surface area contributed by atoms with Gasteiger partial charge in [0.2, 0.25) is 5.91 Å². The van der Waals surface area contributed by atoms with E-state index in [1.165, 1.54) is 0 Å². The molecule has 28 heavy (non-hydrogen) atoms. The summed E-state index contributed by atoms with van der Waals surface area (Å²) in [4.78, 5) is 27.6. The van der Waals surface area contributed by atoms with E-state index in [2.05, 4.69) is 5.32 Å². The van der Waals surface area contributed by atoms with Crippen LogP contribution in [0.3, 0.4) is 0 Å². The number of ether oxygens (including phenoxy) is 1. The lowest BCUT2D eigenvalue weighted by molar-refractivity contribution is -0.131. The van der Waals surface area contributed by atoms with E-state index in [9.17, 15) is 9.59 Å². The Morgan fingerprint density at radius 1 is 1.04 bits per heavy atom. The third-order valence-electron chi connectivity index (χ3n) is 5.95. The molecule has 1 N–H and O–H groups in total. The minimum atomic E-state index is -0.517. The average Bonchev–Trinajstić information content (AvgIpc) is 2.88. The molecule has 0 unspecified atom stereocenters. The predicted octanol–water partition coefficient (Wildman–Crippen LogP) is 3.49. The highest BCUT2D eigenvalue weighted by Gasteiger charge is 2.48. The van der Waals surface area contributed by atoms with Crippen LogP contribution in [0.5, 0.6) is 5.75 Å². The Hall–Kier alpha value is -3.34. The van der Waals surface area contributed by atoms with Gasteiger partial charge in [-0.15, -0.1) is 0 Å². The lowest BCUT2D eigenvalue weighted by Crippen LogP contribution is -2.48. The zero-order valence-electron chi connectivity index (χ0n) is 15.4. The van der Waals surface area contributed by atoms with E-state index in [0.717, 1.165) is 22.6 Å². The van der Waals surface area contributed by atoms with E-state index < -0.39 is 5.41 Å². The van der Waals surface area contributed by atoms with Crippen molar-refractivity contribution >= 4 is 23.6 Å². The van der Waals surface area contributed by atoms with E-state index >= 15 is 0 Å². The summed E-state index contributed by atoms with van der Waals surface area (Å²) < 4.78 is 5.59. The molecule has 5 heteroatoms. The van der Waals surface area contributed by atoms with Gasteiger partial charge in [0.15, 0.2) is 0 Å². The van der Waals surface area contributed by atoms with Gasteiger partial charge in [-0.3, -0.25) is 9.59 Å². The summed E-state index contributed by atoms with van der Waals surface area (Å²) in [6.07, 6.45) is 6.40. The average molecular weight is 372 g/mol. The third kappa shape index (κ3) is 2.54. The first kappa shape index (κ1) is 16.8. The van der Waals surface area contributed by atoms with Gasteiger partial charge in [0.05, 0.1) is 11.7 Å². The number of amides is 2. The number of rotatable bonds is 1. The molecule has 3 aliphatic heterocycles. The van der Waals surface area contributed by atoms with E-state index in [0.29, 0.717) is 31.5 Å². The van der Waals surface area contributed by atoms with Gasteiger partial charge in [-0.2, -0.15) is 0 Å². The minimum Gasteiger partial charge on any atom is -0.464 e. The Kier molecular flexibility index (Phi) is 3.83. The zero-order chi connectivity index (χ0) is 19.1. The van der Waals surface area contributed by atoms with Crippen LogP contribution in [0.25, 0.3) is 6.08 Å². The number of benzene rings is 2. The van der Waals surface area contributed by atoms with Gasteiger partial charge in [-0.1, -0.05) is 36.4 Å². The lowest BCUT2D eigenvalue weighted by Gasteiger charge is -2.38. The molecule has 140 valence electrons. The fourth-order valence-corrected chi connectivity index (χ4v) is 4.38. The molecule has 2 aromatic rings. The first-order valence-corrected chi connectivity index (χ1v) is 9.52. The predicted molar refractivity (Wildman–Crippen MR) is 107 cm³/mol. The Labute approximate surface area is 163 Å². The van der Waals surface area contributed by atoms with E-state index in [1.807, 2.05) is 59.5 Å². The van der Waals surface area contributed by atoms with Crippen LogP contribution in [0.15, 0.2) is 66.4 Å². The summed E-state index contributed by atoms with van der Waals surface area (Å²) in [5, 5.41) is 3.00. The molecule has 0 bridgehead atoms. The summed E-state index contributed by atoms with van der Waals surface area (Å²) in [6.45, 7) is 1.10. The van der Waals surface area contributed by atoms with Crippen molar-refractivity contribution in [2.75, 3.05) is 18.4 Å². The van der Waals surface area contributed by atoms with Crippen molar-refractivity contribution < 1.29 is 14.3 Å². The van der Waals surface area contributed by atoms with Gasteiger partial charge in [0, 0.05) is 29.9 Å². The van der Waals surface area contributed by atoms with Crippen molar-refractivity contribution in [2.24, 2.45) is 0 Å². The molecular weight excluding hydrogens is 352 g/mol. The Balaban J connectivity index is 1.37. The van der Waals surface area contributed by atoms with Crippen LogP contribution in [0.2, 0.25) is 0 Å². The van der Waals surface area contributed by atoms with Crippen molar-refractivity contribution in [3.8, 4) is 5.75 Å². The van der Waals surface area contributed by atoms with Crippen LogP contribution in [-0.2, 0) is 15.0 Å². The SMILES string of the molecule is O=C(C1=Cc2ccccc2OC=C1)N1CCC2(CC1)C(=O)Nc1ccccc12. The summed E-state index contributed by atoms with van der Waals surface area (Å²) in [5.41, 5.74) is 2.92. The fourth-order valence-electron chi connectivity index (χ4n) is 4.38. The number of anilines is 1. The monoisotopic (exact) mass is 372 g/mol. The first-order valence-electron chi connectivity index (χ1n) is 9.52. The highest BCUT2D eigenvalue weighted by atomic mass is 16.5. The number of fused-ring (bicyclic) bond motifs is 3. The summed E-state index contributed by atoms with van der Waals surface area (Å²) in [7, 11) is 0. The maximum atomic E-state index is 13.1. The summed E-state index contributed by atoms with van der Waals surface area (Å²) in [6, 6.07) is 15.5. The standard InChI is InChI=1S/C23H20N2O3/c26-21(17-9-14-28-20-8-4-1-5-16(20)15-17)25-12-10-23(11-13-25)18-6-2-3-7-19(18)24-22(23)27/h1-9,14-15H,10-13H2,(H,24,27). The largest absolute Gasteiger partial charge is 0.464 e. The second-order valence-corrected chi connectivity index (χ2v) is 7.43. The topological polar surface area (TPSA) is 58.6 Å². The smallest absolute Gasteiger partial charge is 0.253 e. The van der Waals surface area contributed by atoms with Crippen LogP contribution in [0, 0.1) is 0 Å². The van der Waals surface area contributed by atoms with Gasteiger partial charge in [0.1, 0.15) is 5.75 Å². The molecule has 0 aliphatic carbocycles. The number of carbonyl (C=O) groups is 2. The Morgan fingerprint density at radius 3 is 2.64 bits per heavy atom. The second-order valence-electron chi connectivity index (χ2n) is 7.43. The number of carbonyl (C=O) groups excluding carboxylic acids is 2. The van der Waals surface area contributed by atoms with Crippen molar-refractivity contribution in [1.82, 2.24) is 4.90 Å². The summed E-state index contributed by atoms with van der Waals surface area (Å²) in [5.74, 6) is 0.758. The molecule has 5 rings (SSSR count). The van der Waals surface area contributed by atoms with Gasteiger partial charge in [-0.05, 0) is 42.7 Å². The van der Waals surface area contributed by atoms with Gasteiger partial charge < -0.3 is 15.0 Å². The highest BCUT2D eigenvalue weighted by Crippen LogP contribution is 2.44. The van der Waals surface area contributed by atoms with Crippen LogP contribution in [0.4, 0.5) is 5.69 Å². The van der Waals surface area contributed by atoms with Crippen LogP contribution >= 0.6 is 0 Å². The van der Waals surface area contributed by atoms with E-state index in [1.54, 1.807) is 12.3 Å². The highest BCUT2D eigenvalue weighted by molar-refractivity contribution is 6.07. The molecule has 5 nitrogen and oxygen atoms in total. The molecule has 0 aromatic heterocycles. The van der Waals surface area contributed by atoms with Crippen molar-refractivity contribution in [3.05, 3.63) is 77.6 Å². The lowest BCUT2D eigenvalue weighted by atomic mass is 9.73. The Bertz CT molecular complexity index is 1030. The number of likely N-dealkylation sites (tertiary alicyclic amines) is 1. The van der Waals surface area contributed by atoms with Crippen molar-refractivity contribution in [3.63, 3.8) is 0 Å². The van der Waals surface area contributed by atoms with Crippen LogP contribution in [-0.4, -0.2) is 29.8 Å². The molecule has 3 heterocycles. The quantitative estimate of drug-likeness (QED) is 0.834. The maximum absolute atomic E-state index is 13.1.